The van der Waals surface area contributed by atoms with Crippen molar-refractivity contribution in [3.8, 4) is 5.82 Å². The van der Waals surface area contributed by atoms with Gasteiger partial charge in [-0.1, -0.05) is 29.5 Å². The Balaban J connectivity index is 1.72. The van der Waals surface area contributed by atoms with Gasteiger partial charge in [-0.3, -0.25) is 4.79 Å². The minimum absolute atomic E-state index is 0.0219. The van der Waals surface area contributed by atoms with Crippen molar-refractivity contribution in [2.45, 2.75) is 13.8 Å². The molecule has 0 unspecified atom stereocenters. The Kier molecular flexibility index (Phi) is 3.48. The monoisotopic (exact) mass is 372 g/mol. The summed E-state index contributed by atoms with van der Waals surface area (Å²) in [7, 11) is 0. The zero-order valence-corrected chi connectivity index (χ0v) is 15.7. The number of pyridine rings is 1. The molecule has 0 spiro atoms. The van der Waals surface area contributed by atoms with Crippen LogP contribution in [-0.2, 0) is 0 Å². The van der Waals surface area contributed by atoms with Crippen LogP contribution < -0.4 is 10.1 Å². The molecule has 5 rings (SSSR count). The summed E-state index contributed by atoms with van der Waals surface area (Å²) >= 11 is 1.42. The lowest BCUT2D eigenvalue weighted by Gasteiger charge is -2.07. The van der Waals surface area contributed by atoms with Crippen LogP contribution >= 0.6 is 11.3 Å². The summed E-state index contributed by atoms with van der Waals surface area (Å²) in [6.07, 6.45) is 3.74. The lowest BCUT2D eigenvalue weighted by Crippen LogP contribution is -2.22. The highest BCUT2D eigenvalue weighted by Crippen LogP contribution is 2.20. The summed E-state index contributed by atoms with van der Waals surface area (Å²) in [5.74, 6) is 0.876. The van der Waals surface area contributed by atoms with Crippen molar-refractivity contribution >= 4 is 33.4 Å². The standard InChI is InChI=1S/C21H16N4OS/c1-13-11-15(14(2)24(13)19-9-5-6-10-22-19)12-18-20(26)25-17-8-4-3-7-16(17)23-21(25)27-18/h3-12H,1-2H3/b18-12-. The third-order valence-corrected chi connectivity index (χ3v) is 5.75. The molecule has 4 heterocycles. The van der Waals surface area contributed by atoms with E-state index < -0.39 is 0 Å². The normalized spacial score (nSPS) is 12.4. The summed E-state index contributed by atoms with van der Waals surface area (Å²) in [4.78, 5) is 22.7. The lowest BCUT2D eigenvalue weighted by molar-refractivity contribution is 0.921. The van der Waals surface area contributed by atoms with Gasteiger partial charge in [-0.15, -0.1) is 0 Å². The van der Waals surface area contributed by atoms with Crippen LogP contribution in [0.4, 0.5) is 0 Å². The molecule has 5 nitrogen and oxygen atoms in total. The third kappa shape index (κ3) is 2.41. The van der Waals surface area contributed by atoms with Crippen molar-refractivity contribution in [1.82, 2.24) is 18.9 Å². The molecule has 0 aliphatic heterocycles. The third-order valence-electron chi connectivity index (χ3n) is 4.78. The van der Waals surface area contributed by atoms with Crippen molar-refractivity contribution in [1.29, 1.82) is 0 Å². The highest BCUT2D eigenvalue weighted by atomic mass is 32.1. The predicted molar refractivity (Wildman–Crippen MR) is 109 cm³/mol. The molecule has 27 heavy (non-hydrogen) atoms. The SMILES string of the molecule is Cc1cc(/C=c2\sc3nc4ccccc4n3c2=O)c(C)n1-c1ccccn1. The van der Waals surface area contributed by atoms with Crippen LogP contribution in [0.15, 0.2) is 59.5 Å². The molecule has 0 aliphatic carbocycles. The topological polar surface area (TPSA) is 52.2 Å². The van der Waals surface area contributed by atoms with Crippen LogP contribution in [0.25, 0.3) is 27.9 Å². The van der Waals surface area contributed by atoms with Gasteiger partial charge in [0.15, 0.2) is 4.96 Å². The van der Waals surface area contributed by atoms with E-state index in [1.807, 2.05) is 62.4 Å². The number of benzene rings is 1. The molecule has 6 heteroatoms. The highest BCUT2D eigenvalue weighted by Gasteiger charge is 2.13. The van der Waals surface area contributed by atoms with Gasteiger partial charge in [-0.05, 0) is 55.8 Å². The minimum Gasteiger partial charge on any atom is -0.303 e. The second-order valence-electron chi connectivity index (χ2n) is 6.48. The van der Waals surface area contributed by atoms with Crippen LogP contribution in [0.3, 0.4) is 0 Å². The number of fused-ring (bicyclic) bond motifs is 3. The number of hydrogen-bond acceptors (Lipinski definition) is 4. The fourth-order valence-corrected chi connectivity index (χ4v) is 4.50. The number of aromatic nitrogens is 4. The van der Waals surface area contributed by atoms with Crippen molar-refractivity contribution in [2.75, 3.05) is 0 Å². The number of thiazole rings is 1. The summed E-state index contributed by atoms with van der Waals surface area (Å²) in [5.41, 5.74) is 4.83. The highest BCUT2D eigenvalue weighted by molar-refractivity contribution is 7.15. The van der Waals surface area contributed by atoms with E-state index in [0.717, 1.165) is 38.8 Å². The van der Waals surface area contributed by atoms with E-state index in [0.29, 0.717) is 4.53 Å². The van der Waals surface area contributed by atoms with Crippen LogP contribution in [0.1, 0.15) is 17.0 Å². The Bertz CT molecular complexity index is 1410. The van der Waals surface area contributed by atoms with Crippen molar-refractivity contribution in [2.24, 2.45) is 0 Å². The number of aryl methyl sites for hydroxylation is 1. The first kappa shape index (κ1) is 16.0. The van der Waals surface area contributed by atoms with E-state index >= 15 is 0 Å². The van der Waals surface area contributed by atoms with Crippen molar-refractivity contribution < 1.29 is 0 Å². The van der Waals surface area contributed by atoms with Gasteiger partial charge < -0.3 is 4.57 Å². The Hall–Kier alpha value is -3.25. The van der Waals surface area contributed by atoms with Gasteiger partial charge >= 0.3 is 0 Å². The predicted octanol–water partition coefficient (Wildman–Crippen LogP) is 3.26. The van der Waals surface area contributed by atoms with Gasteiger partial charge in [-0.2, -0.15) is 0 Å². The average molecular weight is 372 g/mol. The largest absolute Gasteiger partial charge is 0.303 e. The molecular formula is C21H16N4OS. The first-order chi connectivity index (χ1) is 13.1. The Morgan fingerprint density at radius 2 is 1.89 bits per heavy atom. The van der Waals surface area contributed by atoms with E-state index in [1.54, 1.807) is 10.6 Å². The molecule has 132 valence electrons. The first-order valence-corrected chi connectivity index (χ1v) is 9.47. The van der Waals surface area contributed by atoms with Gasteiger partial charge in [0.25, 0.3) is 5.56 Å². The molecule has 0 amide bonds. The van der Waals surface area contributed by atoms with E-state index in [9.17, 15) is 4.79 Å². The number of hydrogen-bond donors (Lipinski definition) is 0. The smallest absolute Gasteiger partial charge is 0.274 e. The Labute approximate surface area is 158 Å². The molecule has 0 bridgehead atoms. The van der Waals surface area contributed by atoms with Gasteiger partial charge in [0.05, 0.1) is 15.6 Å². The molecule has 1 aromatic carbocycles. The maximum atomic E-state index is 13.0. The molecular weight excluding hydrogens is 356 g/mol. The number of rotatable bonds is 2. The summed E-state index contributed by atoms with van der Waals surface area (Å²) in [6, 6.07) is 15.7. The molecule has 0 N–H and O–H groups in total. The van der Waals surface area contributed by atoms with E-state index in [1.165, 1.54) is 11.3 Å². The van der Waals surface area contributed by atoms with Crippen LogP contribution in [0.2, 0.25) is 0 Å². The van der Waals surface area contributed by atoms with Gasteiger partial charge in [0.1, 0.15) is 5.82 Å². The zero-order valence-electron chi connectivity index (χ0n) is 14.9. The van der Waals surface area contributed by atoms with Crippen LogP contribution in [0.5, 0.6) is 0 Å². The second kappa shape index (κ2) is 5.89. The molecule has 0 saturated heterocycles. The molecule has 0 atom stereocenters. The quantitative estimate of drug-likeness (QED) is 0.478. The fourth-order valence-electron chi connectivity index (χ4n) is 3.53. The maximum Gasteiger partial charge on any atom is 0.274 e. The average Bonchev–Trinajstić information content (AvgIpc) is 3.28. The van der Waals surface area contributed by atoms with E-state index in [2.05, 4.69) is 20.6 Å². The molecule has 0 aliphatic rings. The minimum atomic E-state index is -0.0219. The van der Waals surface area contributed by atoms with Crippen molar-refractivity contribution in [3.05, 3.63) is 86.6 Å². The Morgan fingerprint density at radius 3 is 2.70 bits per heavy atom. The lowest BCUT2D eigenvalue weighted by atomic mass is 10.2. The molecule has 0 saturated carbocycles. The van der Waals surface area contributed by atoms with Gasteiger partial charge in [0, 0.05) is 17.6 Å². The molecule has 0 fully saturated rings. The first-order valence-electron chi connectivity index (χ1n) is 8.65. The molecule has 4 aromatic heterocycles. The van der Waals surface area contributed by atoms with E-state index in [-0.39, 0.29) is 5.56 Å². The second-order valence-corrected chi connectivity index (χ2v) is 7.49. The summed E-state index contributed by atoms with van der Waals surface area (Å²) in [6.45, 7) is 4.10. The number of para-hydroxylation sites is 2. The maximum absolute atomic E-state index is 13.0. The summed E-state index contributed by atoms with van der Waals surface area (Å²) in [5, 5.41) is 0. The van der Waals surface area contributed by atoms with Crippen molar-refractivity contribution in [3.63, 3.8) is 0 Å². The fraction of sp³-hybridized carbons (Fsp3) is 0.0952. The number of imidazole rings is 1. The van der Waals surface area contributed by atoms with Crippen LogP contribution in [0, 0.1) is 13.8 Å². The molecule has 5 aromatic rings. The van der Waals surface area contributed by atoms with Gasteiger partial charge in [0.2, 0.25) is 0 Å². The van der Waals surface area contributed by atoms with E-state index in [4.69, 9.17) is 0 Å². The number of nitrogens with zero attached hydrogens (tertiary/aromatic N) is 4. The zero-order chi connectivity index (χ0) is 18.5. The molecule has 0 radical (unpaired) electrons. The Morgan fingerprint density at radius 1 is 1.07 bits per heavy atom. The van der Waals surface area contributed by atoms with Gasteiger partial charge in [-0.25, -0.2) is 14.4 Å². The van der Waals surface area contributed by atoms with Crippen LogP contribution in [-0.4, -0.2) is 18.9 Å². The summed E-state index contributed by atoms with van der Waals surface area (Å²) < 4.78 is 4.48.